The number of ketones is 1. The molecule has 20 heavy (non-hydrogen) atoms. The second-order valence-corrected chi connectivity index (χ2v) is 4.78. The van der Waals surface area contributed by atoms with Crippen LogP contribution in [0.4, 0.5) is 5.69 Å². The quantitative estimate of drug-likeness (QED) is 0.367. The Morgan fingerprint density at radius 2 is 2.05 bits per heavy atom. The number of Topliss-reactive ketones (excluding diaryl/α,β-unsaturated/α-hetero) is 1. The smallest absolute Gasteiger partial charge is 0.269 e. The molecule has 106 valence electrons. The van der Waals surface area contributed by atoms with Gasteiger partial charge in [-0.3, -0.25) is 14.9 Å². The van der Waals surface area contributed by atoms with Crippen molar-refractivity contribution in [3.05, 3.63) is 52.3 Å². The maximum absolute atomic E-state index is 11.9. The van der Waals surface area contributed by atoms with Crippen molar-refractivity contribution in [3.8, 4) is 0 Å². The molecule has 0 amide bonds. The van der Waals surface area contributed by atoms with Crippen LogP contribution in [0.5, 0.6) is 0 Å². The minimum absolute atomic E-state index is 0. The zero-order chi connectivity index (χ0) is 13.8. The molecular weight excluding hydrogens is 302 g/mol. The molecule has 0 aliphatic heterocycles. The molecule has 0 radical (unpaired) electrons. The van der Waals surface area contributed by atoms with Gasteiger partial charge in [-0.25, -0.2) is 4.98 Å². The third-order valence-electron chi connectivity index (χ3n) is 2.51. The van der Waals surface area contributed by atoms with Crippen LogP contribution in [-0.2, 0) is 7.05 Å². The van der Waals surface area contributed by atoms with Crippen molar-refractivity contribution in [3.63, 3.8) is 0 Å². The summed E-state index contributed by atoms with van der Waals surface area (Å²) in [6, 6.07) is 5.61. The van der Waals surface area contributed by atoms with Gasteiger partial charge >= 0.3 is 0 Å². The summed E-state index contributed by atoms with van der Waals surface area (Å²) in [5.41, 5.74) is 0.445. The number of nitrogens with zero attached hydrogens (tertiary/aromatic N) is 3. The number of thioether (sulfide) groups is 1. The summed E-state index contributed by atoms with van der Waals surface area (Å²) in [7, 11) is 1.85. The molecule has 0 unspecified atom stereocenters. The molecular formula is C12H12ClN3O3S. The van der Waals surface area contributed by atoms with Gasteiger partial charge in [0.1, 0.15) is 0 Å². The molecule has 1 aromatic heterocycles. The van der Waals surface area contributed by atoms with Crippen LogP contribution in [0.15, 0.2) is 41.8 Å². The zero-order valence-corrected chi connectivity index (χ0v) is 12.2. The summed E-state index contributed by atoms with van der Waals surface area (Å²) in [5.74, 6) is 0.172. The van der Waals surface area contributed by atoms with E-state index in [1.807, 2.05) is 11.6 Å². The fraction of sp³-hybridized carbons (Fsp3) is 0.167. The number of aromatic nitrogens is 2. The van der Waals surface area contributed by atoms with Crippen LogP contribution in [0.2, 0.25) is 0 Å². The molecule has 8 heteroatoms. The lowest BCUT2D eigenvalue weighted by Gasteiger charge is -2.01. The third kappa shape index (κ3) is 3.82. The third-order valence-corrected chi connectivity index (χ3v) is 3.57. The maximum Gasteiger partial charge on any atom is 0.269 e. The number of nitro groups is 1. The Labute approximate surface area is 125 Å². The zero-order valence-electron chi connectivity index (χ0n) is 10.6. The Kier molecular flexibility index (Phi) is 5.72. The highest BCUT2D eigenvalue weighted by molar-refractivity contribution is 7.99. The Morgan fingerprint density at radius 3 is 2.55 bits per heavy atom. The number of carbonyl (C=O) groups is 1. The fourth-order valence-electron chi connectivity index (χ4n) is 1.47. The standard InChI is InChI=1S/C12H11N3O3S.ClH/c1-14-7-6-13-12(14)19-8-11(16)9-2-4-10(5-3-9)15(17)18;/h2-7H,8H2,1H3;1H. The van der Waals surface area contributed by atoms with Gasteiger partial charge in [0.05, 0.1) is 10.7 Å². The van der Waals surface area contributed by atoms with E-state index in [9.17, 15) is 14.9 Å². The summed E-state index contributed by atoms with van der Waals surface area (Å²) in [6.07, 6.45) is 3.47. The predicted molar refractivity (Wildman–Crippen MR) is 78.6 cm³/mol. The normalized spacial score (nSPS) is 9.85. The molecule has 0 bridgehead atoms. The first-order valence-electron chi connectivity index (χ1n) is 5.45. The van der Waals surface area contributed by atoms with E-state index in [1.54, 1.807) is 12.4 Å². The SMILES string of the molecule is Cl.Cn1ccnc1SCC(=O)c1ccc([N+](=O)[O-])cc1. The topological polar surface area (TPSA) is 78.0 Å². The van der Waals surface area contributed by atoms with Crippen LogP contribution in [0.1, 0.15) is 10.4 Å². The number of hydrogen-bond acceptors (Lipinski definition) is 5. The van der Waals surface area contributed by atoms with E-state index in [1.165, 1.54) is 36.0 Å². The summed E-state index contributed by atoms with van der Waals surface area (Å²) in [6.45, 7) is 0. The number of benzene rings is 1. The van der Waals surface area contributed by atoms with Crippen molar-refractivity contribution in [2.75, 3.05) is 5.75 Å². The van der Waals surface area contributed by atoms with Crippen molar-refractivity contribution >= 4 is 35.6 Å². The van der Waals surface area contributed by atoms with Crippen molar-refractivity contribution < 1.29 is 9.72 Å². The fourth-order valence-corrected chi connectivity index (χ4v) is 2.30. The lowest BCUT2D eigenvalue weighted by atomic mass is 10.1. The van der Waals surface area contributed by atoms with Gasteiger partial charge in [-0.05, 0) is 12.1 Å². The molecule has 0 saturated carbocycles. The molecule has 1 aromatic carbocycles. The first-order chi connectivity index (χ1) is 9.08. The van der Waals surface area contributed by atoms with Crippen LogP contribution in [0.3, 0.4) is 0 Å². The molecule has 0 aliphatic carbocycles. The average molecular weight is 314 g/mol. The highest BCUT2D eigenvalue weighted by atomic mass is 35.5. The van der Waals surface area contributed by atoms with E-state index >= 15 is 0 Å². The Hall–Kier alpha value is -1.86. The van der Waals surface area contributed by atoms with E-state index in [4.69, 9.17) is 0 Å². The first-order valence-corrected chi connectivity index (χ1v) is 6.44. The largest absolute Gasteiger partial charge is 0.329 e. The van der Waals surface area contributed by atoms with E-state index in [2.05, 4.69) is 4.98 Å². The van der Waals surface area contributed by atoms with E-state index < -0.39 is 4.92 Å². The lowest BCUT2D eigenvalue weighted by molar-refractivity contribution is -0.384. The van der Waals surface area contributed by atoms with E-state index in [0.29, 0.717) is 5.56 Å². The second kappa shape index (κ2) is 7.06. The Bertz CT molecular complexity index is 613. The highest BCUT2D eigenvalue weighted by Gasteiger charge is 2.11. The number of imidazole rings is 1. The van der Waals surface area contributed by atoms with Gasteiger partial charge in [0.25, 0.3) is 5.69 Å². The van der Waals surface area contributed by atoms with Crippen LogP contribution < -0.4 is 0 Å². The van der Waals surface area contributed by atoms with Crippen molar-refractivity contribution in [2.45, 2.75) is 5.16 Å². The van der Waals surface area contributed by atoms with Gasteiger partial charge in [0.2, 0.25) is 0 Å². The van der Waals surface area contributed by atoms with Gasteiger partial charge < -0.3 is 4.57 Å². The number of nitro benzene ring substituents is 1. The van der Waals surface area contributed by atoms with Crippen molar-refractivity contribution in [1.29, 1.82) is 0 Å². The molecule has 0 aliphatic rings. The van der Waals surface area contributed by atoms with E-state index in [-0.39, 0.29) is 29.6 Å². The average Bonchev–Trinajstić information content (AvgIpc) is 2.81. The van der Waals surface area contributed by atoms with Crippen LogP contribution in [0, 0.1) is 10.1 Å². The molecule has 0 N–H and O–H groups in total. The van der Waals surface area contributed by atoms with Crippen LogP contribution in [0.25, 0.3) is 0 Å². The summed E-state index contributed by atoms with van der Waals surface area (Å²) in [4.78, 5) is 26.0. The minimum Gasteiger partial charge on any atom is -0.329 e. The second-order valence-electron chi connectivity index (χ2n) is 3.84. The number of rotatable bonds is 5. The number of carbonyl (C=O) groups excluding carboxylic acids is 1. The number of non-ortho nitro benzene ring substituents is 1. The van der Waals surface area contributed by atoms with Gasteiger partial charge in [-0.15, -0.1) is 12.4 Å². The number of halogens is 1. The van der Waals surface area contributed by atoms with Crippen molar-refractivity contribution in [1.82, 2.24) is 9.55 Å². The van der Waals surface area contributed by atoms with E-state index in [0.717, 1.165) is 5.16 Å². The minimum atomic E-state index is -0.489. The summed E-state index contributed by atoms with van der Waals surface area (Å²) in [5, 5.41) is 11.3. The van der Waals surface area contributed by atoms with Gasteiger partial charge in [0, 0.05) is 37.1 Å². The maximum atomic E-state index is 11.9. The molecule has 0 saturated heterocycles. The Morgan fingerprint density at radius 1 is 1.40 bits per heavy atom. The highest BCUT2D eigenvalue weighted by Crippen LogP contribution is 2.18. The molecule has 2 aromatic rings. The van der Waals surface area contributed by atoms with Crippen LogP contribution >= 0.6 is 24.2 Å². The molecule has 1 heterocycles. The Balaban J connectivity index is 0.00000200. The molecule has 0 atom stereocenters. The molecule has 0 fully saturated rings. The van der Waals surface area contributed by atoms with Crippen LogP contribution in [-0.4, -0.2) is 26.0 Å². The summed E-state index contributed by atoms with van der Waals surface area (Å²) < 4.78 is 1.83. The first kappa shape index (κ1) is 16.2. The van der Waals surface area contributed by atoms with Gasteiger partial charge in [-0.1, -0.05) is 11.8 Å². The van der Waals surface area contributed by atoms with Gasteiger partial charge in [0.15, 0.2) is 10.9 Å². The molecule has 0 spiro atoms. The van der Waals surface area contributed by atoms with Crippen molar-refractivity contribution in [2.24, 2.45) is 7.05 Å². The molecule has 6 nitrogen and oxygen atoms in total. The predicted octanol–water partition coefficient (Wildman–Crippen LogP) is 2.73. The van der Waals surface area contributed by atoms with Gasteiger partial charge in [-0.2, -0.15) is 0 Å². The lowest BCUT2D eigenvalue weighted by Crippen LogP contribution is -2.03. The monoisotopic (exact) mass is 313 g/mol. The summed E-state index contributed by atoms with van der Waals surface area (Å²) >= 11 is 1.34. The number of hydrogen-bond donors (Lipinski definition) is 0. The molecule has 2 rings (SSSR count). The number of aryl methyl sites for hydroxylation is 1.